The number of aryl methyl sites for hydroxylation is 1. The Bertz CT molecular complexity index is 854. The van der Waals surface area contributed by atoms with Crippen LogP contribution in [0.2, 0.25) is 5.02 Å². The Morgan fingerprint density at radius 2 is 2.09 bits per heavy atom. The summed E-state index contributed by atoms with van der Waals surface area (Å²) in [4.78, 5) is 13.5. The maximum Gasteiger partial charge on any atom is 0.272 e. The third kappa shape index (κ3) is 3.31. The van der Waals surface area contributed by atoms with Crippen LogP contribution in [0.5, 0.6) is 0 Å². The van der Waals surface area contributed by atoms with Crippen molar-refractivity contribution in [3.8, 4) is 0 Å². The number of thiol groups is 1. The number of halogens is 2. The van der Waals surface area contributed by atoms with Gasteiger partial charge >= 0.3 is 0 Å². The Hall–Kier alpha value is -1.72. The average molecular weight is 351 g/mol. The van der Waals surface area contributed by atoms with Gasteiger partial charge in [-0.25, -0.2) is 4.39 Å². The number of allylic oxidation sites excluding steroid dienone is 4. The number of nitrogens with one attached hydrogen (secondary N) is 1. The molecular weight excluding hydrogens is 335 g/mol. The zero-order chi connectivity index (χ0) is 16.6. The molecule has 0 unspecified atom stereocenters. The maximum atomic E-state index is 13.6. The Kier molecular flexibility index (Phi) is 4.50. The molecule has 6 heteroatoms. The van der Waals surface area contributed by atoms with Gasteiger partial charge < -0.3 is 9.88 Å². The van der Waals surface area contributed by atoms with Gasteiger partial charge in [0.05, 0.1) is 10.5 Å². The van der Waals surface area contributed by atoms with Crippen molar-refractivity contribution >= 4 is 41.0 Å². The highest BCUT2D eigenvalue weighted by Crippen LogP contribution is 2.26. The molecule has 0 radical (unpaired) electrons. The van der Waals surface area contributed by atoms with Crippen molar-refractivity contribution in [2.24, 2.45) is 7.05 Å². The predicted octanol–water partition coefficient (Wildman–Crippen LogP) is 4.58. The summed E-state index contributed by atoms with van der Waals surface area (Å²) in [5.41, 5.74) is 1.94. The molecule has 0 saturated heterocycles. The number of benzene rings is 1. The summed E-state index contributed by atoms with van der Waals surface area (Å²) in [6.45, 7) is 0. The number of nitrogens with zero attached hydrogens (tertiary/aromatic N) is 1. The van der Waals surface area contributed by atoms with Crippen LogP contribution in [-0.4, -0.2) is 10.5 Å². The van der Waals surface area contributed by atoms with E-state index in [-0.39, 0.29) is 10.9 Å². The summed E-state index contributed by atoms with van der Waals surface area (Å²) in [6.07, 6.45) is 6.42. The summed E-state index contributed by atoms with van der Waals surface area (Å²) in [6, 6.07) is 4.59. The highest BCUT2D eigenvalue weighted by molar-refractivity contribution is 7.84. The minimum Gasteiger partial charge on any atom is -0.340 e. The molecule has 2 aromatic rings. The Labute approximate surface area is 144 Å². The highest BCUT2D eigenvalue weighted by Gasteiger charge is 2.16. The number of aromatic nitrogens is 1. The molecule has 1 amide bonds. The molecule has 0 atom stereocenters. The molecule has 1 N–H and O–H groups in total. The van der Waals surface area contributed by atoms with E-state index in [2.05, 4.69) is 17.9 Å². The molecular formula is C17H16ClFN2OS. The lowest BCUT2D eigenvalue weighted by Gasteiger charge is -2.09. The topological polar surface area (TPSA) is 34.0 Å². The number of hydrogen-bond acceptors (Lipinski definition) is 2. The van der Waals surface area contributed by atoms with Crippen molar-refractivity contribution in [2.45, 2.75) is 19.3 Å². The quantitative estimate of drug-likeness (QED) is 0.764. The summed E-state index contributed by atoms with van der Waals surface area (Å²) in [5.74, 6) is -0.715. The average Bonchev–Trinajstić information content (AvgIpc) is 2.68. The minimum atomic E-state index is -0.495. The first kappa shape index (κ1) is 16.1. The molecule has 0 aliphatic heterocycles. The van der Waals surface area contributed by atoms with Gasteiger partial charge in [0.1, 0.15) is 11.5 Å². The molecule has 0 saturated carbocycles. The lowest BCUT2D eigenvalue weighted by Crippen LogP contribution is -2.24. The minimum absolute atomic E-state index is 0.0491. The van der Waals surface area contributed by atoms with Gasteiger partial charge in [-0.3, -0.25) is 4.79 Å². The molecule has 0 spiro atoms. The van der Waals surface area contributed by atoms with Gasteiger partial charge in [-0.15, -0.1) is 12.6 Å². The molecule has 0 fully saturated rings. The molecule has 1 heterocycles. The smallest absolute Gasteiger partial charge is 0.272 e. The first-order valence-electron chi connectivity index (χ1n) is 7.30. The van der Waals surface area contributed by atoms with Gasteiger partial charge in [0.2, 0.25) is 0 Å². The zero-order valence-electron chi connectivity index (χ0n) is 12.6. The van der Waals surface area contributed by atoms with E-state index in [0.717, 1.165) is 35.3 Å². The van der Waals surface area contributed by atoms with E-state index in [1.807, 2.05) is 12.2 Å². The van der Waals surface area contributed by atoms with E-state index in [9.17, 15) is 9.18 Å². The lowest BCUT2D eigenvalue weighted by molar-refractivity contribution is 0.0957. The second-order valence-corrected chi connectivity index (χ2v) is 6.55. The van der Waals surface area contributed by atoms with Crippen LogP contribution in [-0.2, 0) is 7.05 Å². The van der Waals surface area contributed by atoms with Gasteiger partial charge in [0, 0.05) is 18.1 Å². The molecule has 1 aliphatic carbocycles. The second kappa shape index (κ2) is 6.42. The molecule has 1 aromatic carbocycles. The number of carbonyl (C=O) groups excluding carboxylic acids is 1. The lowest BCUT2D eigenvalue weighted by atomic mass is 10.2. The van der Waals surface area contributed by atoms with E-state index < -0.39 is 5.82 Å². The Morgan fingerprint density at radius 1 is 1.30 bits per heavy atom. The van der Waals surface area contributed by atoms with E-state index in [0.29, 0.717) is 11.2 Å². The van der Waals surface area contributed by atoms with E-state index in [1.165, 1.54) is 12.1 Å². The van der Waals surface area contributed by atoms with E-state index in [1.54, 1.807) is 17.7 Å². The molecule has 3 rings (SSSR count). The van der Waals surface area contributed by atoms with Gasteiger partial charge in [-0.05, 0) is 48.4 Å². The first-order valence-corrected chi connectivity index (χ1v) is 8.13. The van der Waals surface area contributed by atoms with Crippen LogP contribution in [0.4, 0.5) is 4.39 Å². The fraction of sp³-hybridized carbons (Fsp3) is 0.235. The van der Waals surface area contributed by atoms with Crippen LogP contribution in [0, 0.1) is 5.82 Å². The van der Waals surface area contributed by atoms with Crippen molar-refractivity contribution in [1.82, 2.24) is 9.88 Å². The van der Waals surface area contributed by atoms with Crippen LogP contribution in [0.3, 0.4) is 0 Å². The molecule has 3 nitrogen and oxygen atoms in total. The van der Waals surface area contributed by atoms with Gasteiger partial charge in [-0.1, -0.05) is 17.7 Å². The molecule has 1 aromatic heterocycles. The monoisotopic (exact) mass is 350 g/mol. The second-order valence-electron chi connectivity index (χ2n) is 5.57. The van der Waals surface area contributed by atoms with Crippen LogP contribution in [0.15, 0.2) is 41.0 Å². The summed E-state index contributed by atoms with van der Waals surface area (Å²) in [7, 11) is 1.73. The van der Waals surface area contributed by atoms with Gasteiger partial charge in [0.15, 0.2) is 0 Å². The SMILES string of the molecule is Cn1c(C(=O)NC2=CC=C(S)CCC2)cc2cc(Cl)c(F)cc21. The van der Waals surface area contributed by atoms with E-state index >= 15 is 0 Å². The summed E-state index contributed by atoms with van der Waals surface area (Å²) < 4.78 is 15.3. The van der Waals surface area contributed by atoms with Crippen LogP contribution < -0.4 is 5.32 Å². The number of fused-ring (bicyclic) bond motifs is 1. The molecule has 23 heavy (non-hydrogen) atoms. The summed E-state index contributed by atoms with van der Waals surface area (Å²) in [5, 5.41) is 3.70. The van der Waals surface area contributed by atoms with Crippen molar-refractivity contribution in [3.05, 3.63) is 57.5 Å². The highest BCUT2D eigenvalue weighted by atomic mass is 35.5. The predicted molar refractivity (Wildman–Crippen MR) is 94.4 cm³/mol. The maximum absolute atomic E-state index is 13.6. The molecule has 0 bridgehead atoms. The fourth-order valence-electron chi connectivity index (χ4n) is 2.69. The number of carbonyl (C=O) groups is 1. The normalized spacial score (nSPS) is 15.1. The number of rotatable bonds is 2. The molecule has 1 aliphatic rings. The van der Waals surface area contributed by atoms with Crippen molar-refractivity contribution in [3.63, 3.8) is 0 Å². The van der Waals surface area contributed by atoms with Crippen LogP contribution in [0.1, 0.15) is 29.8 Å². The first-order chi connectivity index (χ1) is 11.0. The Balaban J connectivity index is 1.91. The van der Waals surface area contributed by atoms with Crippen LogP contribution in [0.25, 0.3) is 10.9 Å². The van der Waals surface area contributed by atoms with Crippen molar-refractivity contribution in [1.29, 1.82) is 0 Å². The number of hydrogen-bond donors (Lipinski definition) is 2. The van der Waals surface area contributed by atoms with Crippen molar-refractivity contribution in [2.75, 3.05) is 0 Å². The van der Waals surface area contributed by atoms with E-state index in [4.69, 9.17) is 11.6 Å². The fourth-order valence-corrected chi connectivity index (χ4v) is 3.09. The zero-order valence-corrected chi connectivity index (χ0v) is 14.2. The van der Waals surface area contributed by atoms with Crippen LogP contribution >= 0.6 is 24.2 Å². The molecule has 120 valence electrons. The standard InChI is InChI=1S/C17H16ClFN2OS/c1-21-15-9-14(19)13(18)7-10(15)8-16(21)17(22)20-11-3-2-4-12(23)6-5-11/h5-9,23H,2-4H2,1H3,(H,20,22). The third-order valence-electron chi connectivity index (χ3n) is 3.95. The van der Waals surface area contributed by atoms with Gasteiger partial charge in [0.25, 0.3) is 5.91 Å². The largest absolute Gasteiger partial charge is 0.340 e. The van der Waals surface area contributed by atoms with Crippen molar-refractivity contribution < 1.29 is 9.18 Å². The number of amides is 1. The Morgan fingerprint density at radius 3 is 2.87 bits per heavy atom. The van der Waals surface area contributed by atoms with Gasteiger partial charge in [-0.2, -0.15) is 0 Å². The summed E-state index contributed by atoms with van der Waals surface area (Å²) >= 11 is 10.2. The third-order valence-corrected chi connectivity index (χ3v) is 4.61.